The van der Waals surface area contributed by atoms with Crippen molar-refractivity contribution in [3.8, 4) is 129 Å². The maximum Gasteiger partial charge on any atom is 0.488 e. The van der Waals surface area contributed by atoms with E-state index in [0.717, 1.165) is 58.4 Å². The minimum atomic E-state index is -1.41. The summed E-state index contributed by atoms with van der Waals surface area (Å²) in [5, 5.41) is 29.0. The van der Waals surface area contributed by atoms with Crippen molar-refractivity contribution in [2.75, 3.05) is 0 Å². The Bertz CT molecular complexity index is 9530. The fourth-order valence-corrected chi connectivity index (χ4v) is 22.0. The molecule has 0 aliphatic rings. The largest absolute Gasteiger partial charge is 0.488 e. The van der Waals surface area contributed by atoms with E-state index in [1.165, 1.54) is 182 Å². The topological polar surface area (TPSA) is 107 Å². The van der Waals surface area contributed by atoms with E-state index in [1.807, 2.05) is 60.9 Å². The molecule has 0 spiro atoms. The zero-order valence-electron chi connectivity index (χ0n) is 81.3. The van der Waals surface area contributed by atoms with Crippen molar-refractivity contribution in [1.29, 1.82) is 0 Å². The molecule has 0 fully saturated rings. The Hall–Kier alpha value is -17.9. The Morgan fingerprint density at radius 2 is 0.500 bits per heavy atom. The third-order valence-electron chi connectivity index (χ3n) is 28.0. The van der Waals surface area contributed by atoms with Gasteiger partial charge < -0.3 is 37.9 Å². The van der Waals surface area contributed by atoms with E-state index in [-0.39, 0.29) is 0 Å². The van der Waals surface area contributed by atoms with Crippen LogP contribution in [0.25, 0.3) is 227 Å². The van der Waals surface area contributed by atoms with E-state index >= 15 is 0 Å². The third-order valence-corrected chi connectivity index (χ3v) is 29.4. The number of aromatic amines is 1. The number of hydrogen-bond acceptors (Lipinski definition) is 4. The van der Waals surface area contributed by atoms with E-state index in [2.05, 4.69) is 553 Å². The van der Waals surface area contributed by atoms with Crippen molar-refractivity contribution >= 4 is 158 Å². The zero-order chi connectivity index (χ0) is 101. The maximum atomic E-state index is 8.93. The maximum absolute atomic E-state index is 8.93. The molecular formula is C136H94BBr3N8O2. The van der Waals surface area contributed by atoms with Crippen LogP contribution in [0, 0.1) is 0 Å². The van der Waals surface area contributed by atoms with E-state index in [9.17, 15) is 0 Å². The molecule has 0 radical (unpaired) electrons. The summed E-state index contributed by atoms with van der Waals surface area (Å²) in [6.07, 6.45) is 13.7. The van der Waals surface area contributed by atoms with Gasteiger partial charge in [-0.15, -0.1) is 0 Å². The molecule has 28 rings (SSSR count). The second-order valence-electron chi connectivity index (χ2n) is 37.2. The highest BCUT2D eigenvalue weighted by Gasteiger charge is 2.24. The number of halogens is 3. The highest BCUT2D eigenvalue weighted by Crippen LogP contribution is 2.46. The van der Waals surface area contributed by atoms with Crippen molar-refractivity contribution in [3.05, 3.63) is 566 Å². The lowest BCUT2D eigenvalue weighted by atomic mass is 9.80. The van der Waals surface area contributed by atoms with Crippen molar-refractivity contribution < 1.29 is 10.0 Å². The molecule has 0 bridgehead atoms. The van der Waals surface area contributed by atoms with Crippen LogP contribution in [-0.2, 0) is 0 Å². The highest BCUT2D eigenvalue weighted by molar-refractivity contribution is 9.11. The van der Waals surface area contributed by atoms with Crippen LogP contribution in [0.2, 0.25) is 0 Å². The van der Waals surface area contributed by atoms with Crippen LogP contribution in [0.3, 0.4) is 0 Å². The molecule has 714 valence electrons. The number of aromatic nitrogens is 8. The van der Waals surface area contributed by atoms with Gasteiger partial charge in [0, 0.05) is 139 Å². The van der Waals surface area contributed by atoms with E-state index < -0.39 is 7.12 Å². The molecule has 10 nitrogen and oxygen atoms in total. The minimum Gasteiger partial charge on any atom is -0.423 e. The van der Waals surface area contributed by atoms with Gasteiger partial charge >= 0.3 is 7.12 Å². The molecule has 0 saturated carbocycles. The lowest BCUT2D eigenvalue weighted by Crippen LogP contribution is -2.29. The number of rotatable bonds is 15. The first-order valence-corrected chi connectivity index (χ1v) is 52.3. The average Bonchev–Trinajstić information content (AvgIpc) is 1.56. The van der Waals surface area contributed by atoms with Gasteiger partial charge in [-0.3, -0.25) is 9.97 Å². The Morgan fingerprint density at radius 1 is 0.200 bits per heavy atom. The van der Waals surface area contributed by atoms with Crippen LogP contribution in [0.15, 0.2) is 566 Å². The van der Waals surface area contributed by atoms with Crippen LogP contribution in [0.4, 0.5) is 0 Å². The second kappa shape index (κ2) is 42.3. The van der Waals surface area contributed by atoms with Gasteiger partial charge in [0.25, 0.3) is 0 Å². The minimum absolute atomic E-state index is 0.489. The molecule has 3 N–H and O–H groups in total. The Kier molecular flexibility index (Phi) is 26.6. The van der Waals surface area contributed by atoms with Gasteiger partial charge in [-0.2, -0.15) is 0 Å². The Labute approximate surface area is 893 Å². The van der Waals surface area contributed by atoms with Gasteiger partial charge in [0.15, 0.2) is 0 Å². The van der Waals surface area contributed by atoms with Crippen molar-refractivity contribution in [2.24, 2.45) is 0 Å². The quantitative estimate of drug-likeness (QED) is 0.0889. The fourth-order valence-electron chi connectivity index (χ4n) is 20.8. The van der Waals surface area contributed by atoms with Crippen molar-refractivity contribution in [1.82, 2.24) is 37.8 Å². The number of nitrogens with one attached hydrogen (secondary N) is 1. The summed E-state index contributed by atoms with van der Waals surface area (Å²) < 4.78 is 15.0. The third kappa shape index (κ3) is 19.3. The van der Waals surface area contributed by atoms with E-state index in [1.54, 1.807) is 24.5 Å². The van der Waals surface area contributed by atoms with Gasteiger partial charge in [0.1, 0.15) is 0 Å². The van der Waals surface area contributed by atoms with Gasteiger partial charge in [-0.25, -0.2) is 0 Å². The summed E-state index contributed by atoms with van der Waals surface area (Å²) >= 11 is 10.9. The lowest BCUT2D eigenvalue weighted by molar-refractivity contribution is 0.426. The van der Waals surface area contributed by atoms with Gasteiger partial charge in [-0.05, 0) is 294 Å². The molecule has 0 unspecified atom stereocenters. The first kappa shape index (κ1) is 94.4. The SMILES string of the molecule is Brc1cc(-c2ccccc2)cc(-c2ccccc2)c1.Brc1ccc2[nH]c3c(ccc4c3ccn4-c3ccccc3)c2c1.Brc1ccc2c(c1)c1ccc3c(ccn3-c3ccccc3)c1n2-c1cc(-c2ccccc2)cc(-c2ccccc2)c1.OB(O)c1ccc(-c2cccnc2)cc1.c1ccc(-c2cc(-c3ccccc3)cc(-n3c4ccc(-c5ccc(-c6cccnc6)cc5)cc4c4ccc5c(ccn5-c5ccccc5)c43)c2)cc1. The first-order valence-electron chi connectivity index (χ1n) is 49.9. The summed E-state index contributed by atoms with van der Waals surface area (Å²) in [4.78, 5) is 11.9. The molecule has 0 amide bonds. The number of H-pyrrole nitrogens is 1. The molecule has 0 aliphatic heterocycles. The zero-order valence-corrected chi connectivity index (χ0v) is 86.0. The predicted molar refractivity (Wildman–Crippen MR) is 638 cm³/mol. The van der Waals surface area contributed by atoms with Crippen LogP contribution in [0.1, 0.15) is 0 Å². The standard InChI is InChI=1S/C49H33N3.C38H25BrN2.C20H13BrN2.C18H13Br.C11H10BNO2/c1-4-11-34(12-5-1)40-29-41(35-13-6-2-7-14-35)31-43(30-40)52-48-24-22-38(36-18-20-37(21-19-36)39-15-10-27-50-33-39)32-46(48)44-23-25-47-45(49(44)52)26-28-51(47)42-16-8-3-9-17-42;39-30-16-18-37-35(25-30)33-17-19-36-34(20-21-40(36)31-14-8-3-9-15-31)38(33)41(37)32-23-28(26-10-4-1-5-11-26)22-29(24-32)27-12-6-2-7-13-27;21-13-6-8-18-17(12-13)15-7-9-19-16(20(15)22-18)10-11-23(19)14-4-2-1-3-5-14;19-18-12-16(14-7-3-1-4-8-14)11-17(13-18)15-9-5-2-6-10-15;14-12(15)11-5-3-9(4-6-11)10-2-1-7-13-8-10/h1-33H;1-25H;1-12,22H;1-13H;1-8,14-15H. The summed E-state index contributed by atoms with van der Waals surface area (Å²) in [6.45, 7) is 0. The normalized spacial score (nSPS) is 11.2. The number of fused-ring (bicyclic) bond motifs is 15. The first-order chi connectivity index (χ1) is 73.9. The Balaban J connectivity index is 0.000000108. The van der Waals surface area contributed by atoms with Gasteiger partial charge in [-0.1, -0.05) is 369 Å². The molecule has 20 aromatic carbocycles. The van der Waals surface area contributed by atoms with Crippen molar-refractivity contribution in [2.45, 2.75) is 0 Å². The van der Waals surface area contributed by atoms with Crippen molar-refractivity contribution in [3.63, 3.8) is 0 Å². The lowest BCUT2D eigenvalue weighted by Gasteiger charge is -2.15. The van der Waals surface area contributed by atoms with Gasteiger partial charge in [0.05, 0.1) is 44.1 Å². The highest BCUT2D eigenvalue weighted by atomic mass is 79.9. The summed E-state index contributed by atoms with van der Waals surface area (Å²) in [6, 6.07) is 180. The summed E-state index contributed by atoms with van der Waals surface area (Å²) in [7, 11) is -1.41. The van der Waals surface area contributed by atoms with E-state index in [0.29, 0.717) is 5.46 Å². The van der Waals surface area contributed by atoms with E-state index in [4.69, 9.17) is 10.0 Å². The monoisotopic (exact) mass is 2120 g/mol. The molecular weight excluding hydrogens is 2030 g/mol. The molecule has 0 saturated heterocycles. The second-order valence-corrected chi connectivity index (χ2v) is 39.9. The molecule has 8 aromatic heterocycles. The van der Waals surface area contributed by atoms with Crippen LogP contribution >= 0.6 is 47.8 Å². The summed E-state index contributed by atoms with van der Waals surface area (Å²) in [5.41, 5.74) is 38.2. The number of hydrogen-bond donors (Lipinski definition) is 3. The number of nitrogens with zero attached hydrogens (tertiary/aromatic N) is 7. The number of benzene rings is 20. The molecule has 8 heterocycles. The van der Waals surface area contributed by atoms with Crippen LogP contribution < -0.4 is 5.46 Å². The number of pyridine rings is 2. The smallest absolute Gasteiger partial charge is 0.423 e. The summed E-state index contributed by atoms with van der Waals surface area (Å²) in [5.74, 6) is 0. The number of para-hydroxylation sites is 3. The molecule has 28 aromatic rings. The van der Waals surface area contributed by atoms with Gasteiger partial charge in [0.2, 0.25) is 0 Å². The molecule has 14 heteroatoms. The molecule has 150 heavy (non-hydrogen) atoms. The molecule has 0 aliphatic carbocycles. The Morgan fingerprint density at radius 3 is 0.880 bits per heavy atom. The molecule has 0 atom stereocenters. The van der Waals surface area contributed by atoms with Crippen LogP contribution in [0.5, 0.6) is 0 Å². The predicted octanol–water partition coefficient (Wildman–Crippen LogP) is 35.9. The fraction of sp³-hybridized carbons (Fsp3) is 0. The average molecular weight is 2120 g/mol. The van der Waals surface area contributed by atoms with Crippen LogP contribution in [-0.4, -0.2) is 55.0 Å².